The standard InChI is InChI=1S/C16H28N2O2/c1-13(19)18-10-8-15(9-11-18)16(20)17(2)12-14-6-4-3-5-7-14/h14-15H,3-12H2,1-2H3. The summed E-state index contributed by atoms with van der Waals surface area (Å²) in [6, 6.07) is 0. The van der Waals surface area contributed by atoms with Gasteiger partial charge >= 0.3 is 0 Å². The van der Waals surface area contributed by atoms with Crippen molar-refractivity contribution in [3.05, 3.63) is 0 Å². The van der Waals surface area contributed by atoms with Gasteiger partial charge in [-0.05, 0) is 31.6 Å². The summed E-state index contributed by atoms with van der Waals surface area (Å²) < 4.78 is 0. The number of carbonyl (C=O) groups is 2. The first-order valence-corrected chi connectivity index (χ1v) is 8.08. The van der Waals surface area contributed by atoms with Crippen LogP contribution in [0.15, 0.2) is 0 Å². The molecule has 0 spiro atoms. The van der Waals surface area contributed by atoms with E-state index in [9.17, 15) is 9.59 Å². The Labute approximate surface area is 122 Å². The van der Waals surface area contributed by atoms with Crippen molar-refractivity contribution in [2.45, 2.75) is 51.9 Å². The third kappa shape index (κ3) is 3.97. The molecule has 0 aromatic rings. The first-order valence-electron chi connectivity index (χ1n) is 8.08. The molecular weight excluding hydrogens is 252 g/mol. The number of amides is 2. The van der Waals surface area contributed by atoms with Gasteiger partial charge in [0.1, 0.15) is 0 Å². The zero-order valence-electron chi connectivity index (χ0n) is 12.9. The van der Waals surface area contributed by atoms with E-state index >= 15 is 0 Å². The largest absolute Gasteiger partial charge is 0.345 e. The summed E-state index contributed by atoms with van der Waals surface area (Å²) >= 11 is 0. The summed E-state index contributed by atoms with van der Waals surface area (Å²) in [6.45, 7) is 4.01. The number of rotatable bonds is 3. The van der Waals surface area contributed by atoms with E-state index in [1.54, 1.807) is 6.92 Å². The molecule has 0 bridgehead atoms. The van der Waals surface area contributed by atoms with Crippen LogP contribution in [0.3, 0.4) is 0 Å². The van der Waals surface area contributed by atoms with Crippen LogP contribution >= 0.6 is 0 Å². The third-order valence-electron chi connectivity index (χ3n) is 4.92. The fraction of sp³-hybridized carbons (Fsp3) is 0.875. The second-order valence-electron chi connectivity index (χ2n) is 6.50. The van der Waals surface area contributed by atoms with Crippen LogP contribution in [0.5, 0.6) is 0 Å². The van der Waals surface area contributed by atoms with Crippen LogP contribution in [0, 0.1) is 11.8 Å². The van der Waals surface area contributed by atoms with Gasteiger partial charge in [-0.1, -0.05) is 19.3 Å². The molecule has 1 aliphatic heterocycles. The van der Waals surface area contributed by atoms with Crippen LogP contribution in [0.2, 0.25) is 0 Å². The van der Waals surface area contributed by atoms with E-state index in [0.717, 1.165) is 32.5 Å². The number of hydrogen-bond donors (Lipinski definition) is 0. The lowest BCUT2D eigenvalue weighted by atomic mass is 9.88. The van der Waals surface area contributed by atoms with E-state index in [-0.39, 0.29) is 11.8 Å². The Morgan fingerprint density at radius 3 is 2.20 bits per heavy atom. The number of nitrogens with zero attached hydrogens (tertiary/aromatic N) is 2. The molecule has 0 unspecified atom stereocenters. The third-order valence-corrected chi connectivity index (χ3v) is 4.92. The summed E-state index contributed by atoms with van der Waals surface area (Å²) in [6.07, 6.45) is 8.21. The molecular formula is C16H28N2O2. The van der Waals surface area contributed by atoms with Gasteiger partial charge in [0.05, 0.1) is 0 Å². The highest BCUT2D eigenvalue weighted by atomic mass is 16.2. The zero-order chi connectivity index (χ0) is 14.5. The van der Waals surface area contributed by atoms with Gasteiger partial charge in [0.15, 0.2) is 0 Å². The molecule has 20 heavy (non-hydrogen) atoms. The van der Waals surface area contributed by atoms with Gasteiger partial charge in [-0.15, -0.1) is 0 Å². The topological polar surface area (TPSA) is 40.6 Å². The van der Waals surface area contributed by atoms with Crippen molar-refractivity contribution in [3.63, 3.8) is 0 Å². The second kappa shape index (κ2) is 7.09. The van der Waals surface area contributed by atoms with Crippen LogP contribution in [0.25, 0.3) is 0 Å². The van der Waals surface area contributed by atoms with E-state index in [4.69, 9.17) is 0 Å². The Bertz CT molecular complexity index is 342. The van der Waals surface area contributed by atoms with Crippen LogP contribution in [0.1, 0.15) is 51.9 Å². The van der Waals surface area contributed by atoms with Crippen LogP contribution in [-0.2, 0) is 9.59 Å². The average molecular weight is 280 g/mol. The molecule has 0 N–H and O–H groups in total. The Kier molecular flexibility index (Phi) is 5.44. The maximum atomic E-state index is 12.5. The minimum absolute atomic E-state index is 0.124. The van der Waals surface area contributed by atoms with Gasteiger partial charge in [-0.3, -0.25) is 9.59 Å². The molecule has 2 fully saturated rings. The second-order valence-corrected chi connectivity index (χ2v) is 6.50. The maximum absolute atomic E-state index is 12.5. The summed E-state index contributed by atoms with van der Waals surface area (Å²) in [5.41, 5.74) is 0. The van der Waals surface area contributed by atoms with E-state index in [2.05, 4.69) is 0 Å². The quantitative estimate of drug-likeness (QED) is 0.796. The molecule has 0 radical (unpaired) electrons. The summed E-state index contributed by atoms with van der Waals surface area (Å²) in [5, 5.41) is 0. The van der Waals surface area contributed by atoms with Crippen molar-refractivity contribution in [3.8, 4) is 0 Å². The highest BCUT2D eigenvalue weighted by Crippen LogP contribution is 2.25. The fourth-order valence-electron chi connectivity index (χ4n) is 3.60. The van der Waals surface area contributed by atoms with Crippen molar-refractivity contribution in [1.82, 2.24) is 9.80 Å². The molecule has 2 aliphatic rings. The molecule has 1 aliphatic carbocycles. The summed E-state index contributed by atoms with van der Waals surface area (Å²) in [4.78, 5) is 27.6. The van der Waals surface area contributed by atoms with Gasteiger partial charge < -0.3 is 9.80 Å². The van der Waals surface area contributed by atoms with Crippen LogP contribution in [0.4, 0.5) is 0 Å². The molecule has 2 amide bonds. The molecule has 1 saturated heterocycles. The van der Waals surface area contributed by atoms with E-state index in [1.807, 2.05) is 16.8 Å². The van der Waals surface area contributed by atoms with Crippen LogP contribution < -0.4 is 0 Å². The number of carbonyl (C=O) groups excluding carboxylic acids is 2. The molecule has 1 saturated carbocycles. The van der Waals surface area contributed by atoms with E-state index < -0.39 is 0 Å². The maximum Gasteiger partial charge on any atom is 0.225 e. The fourth-order valence-corrected chi connectivity index (χ4v) is 3.60. The number of piperidine rings is 1. The van der Waals surface area contributed by atoms with E-state index in [0.29, 0.717) is 11.8 Å². The Hall–Kier alpha value is -1.06. The smallest absolute Gasteiger partial charge is 0.225 e. The minimum atomic E-state index is 0.124. The summed E-state index contributed by atoms with van der Waals surface area (Å²) in [5.74, 6) is 1.25. The molecule has 0 aromatic carbocycles. The van der Waals surface area contributed by atoms with Gasteiger partial charge in [0.2, 0.25) is 11.8 Å². The van der Waals surface area contributed by atoms with Crippen molar-refractivity contribution in [2.24, 2.45) is 11.8 Å². The van der Waals surface area contributed by atoms with Crippen molar-refractivity contribution in [1.29, 1.82) is 0 Å². The zero-order valence-corrected chi connectivity index (χ0v) is 12.9. The lowest BCUT2D eigenvalue weighted by Gasteiger charge is -2.34. The highest BCUT2D eigenvalue weighted by Gasteiger charge is 2.29. The SMILES string of the molecule is CC(=O)N1CCC(C(=O)N(C)CC2CCCCC2)CC1. The lowest BCUT2D eigenvalue weighted by Crippen LogP contribution is -2.43. The number of likely N-dealkylation sites (tertiary alicyclic amines) is 1. The monoisotopic (exact) mass is 280 g/mol. The first kappa shape index (κ1) is 15.3. The van der Waals surface area contributed by atoms with Gasteiger partial charge in [-0.25, -0.2) is 0 Å². The molecule has 1 heterocycles. The molecule has 4 nitrogen and oxygen atoms in total. The predicted molar refractivity (Wildman–Crippen MR) is 79.2 cm³/mol. The van der Waals surface area contributed by atoms with E-state index in [1.165, 1.54) is 32.1 Å². The van der Waals surface area contributed by atoms with Gasteiger partial charge in [0.25, 0.3) is 0 Å². The predicted octanol–water partition coefficient (Wildman–Crippen LogP) is 2.28. The van der Waals surface area contributed by atoms with Crippen molar-refractivity contribution >= 4 is 11.8 Å². The first-order chi connectivity index (χ1) is 9.58. The Morgan fingerprint density at radius 2 is 1.65 bits per heavy atom. The molecule has 0 atom stereocenters. The number of hydrogen-bond acceptors (Lipinski definition) is 2. The molecule has 4 heteroatoms. The summed E-state index contributed by atoms with van der Waals surface area (Å²) in [7, 11) is 1.95. The van der Waals surface area contributed by atoms with Gasteiger partial charge in [0, 0.05) is 39.5 Å². The van der Waals surface area contributed by atoms with Crippen molar-refractivity contribution < 1.29 is 9.59 Å². The normalized spacial score (nSPS) is 21.8. The Morgan fingerprint density at radius 1 is 1.05 bits per heavy atom. The lowest BCUT2D eigenvalue weighted by molar-refractivity contribution is -0.139. The average Bonchev–Trinajstić information content (AvgIpc) is 2.47. The molecule has 0 aromatic heterocycles. The van der Waals surface area contributed by atoms with Gasteiger partial charge in [-0.2, -0.15) is 0 Å². The highest BCUT2D eigenvalue weighted by molar-refractivity contribution is 5.79. The molecule has 2 rings (SSSR count). The Balaban J connectivity index is 1.77. The minimum Gasteiger partial charge on any atom is -0.345 e. The van der Waals surface area contributed by atoms with Crippen LogP contribution in [-0.4, -0.2) is 48.3 Å². The molecule has 114 valence electrons. The van der Waals surface area contributed by atoms with Crippen molar-refractivity contribution in [2.75, 3.05) is 26.7 Å².